The molecule has 0 spiro atoms. The van der Waals surface area contributed by atoms with Gasteiger partial charge in [-0.3, -0.25) is 0 Å². The van der Waals surface area contributed by atoms with E-state index in [4.69, 9.17) is 5.73 Å². The van der Waals surface area contributed by atoms with Crippen molar-refractivity contribution < 1.29 is 0 Å². The quantitative estimate of drug-likeness (QED) is 0.772. The first kappa shape index (κ1) is 11.1. The Labute approximate surface area is 86.5 Å². The molecule has 0 aliphatic carbocycles. The van der Waals surface area contributed by atoms with Crippen LogP contribution in [0.1, 0.15) is 33.3 Å². The molecule has 0 amide bonds. The summed E-state index contributed by atoms with van der Waals surface area (Å²) in [6.07, 6.45) is 0. The highest BCUT2D eigenvalue weighted by Gasteiger charge is 2.12. The van der Waals surface area contributed by atoms with Gasteiger partial charge in [0.15, 0.2) is 0 Å². The van der Waals surface area contributed by atoms with E-state index in [0.717, 1.165) is 11.3 Å². The second-order valence-corrected chi connectivity index (χ2v) is 4.60. The topological polar surface area (TPSA) is 38.0 Å². The lowest BCUT2D eigenvalue weighted by Gasteiger charge is -2.19. The Kier molecular flexibility index (Phi) is 3.17. The Morgan fingerprint density at radius 3 is 2.00 bits per heavy atom. The summed E-state index contributed by atoms with van der Waals surface area (Å²) in [6.45, 7) is 8.28. The van der Waals surface area contributed by atoms with Crippen molar-refractivity contribution in [3.05, 3.63) is 29.8 Å². The Bertz CT molecular complexity index is 280. The van der Waals surface area contributed by atoms with Crippen molar-refractivity contribution in [1.29, 1.82) is 0 Å². The molecule has 0 fully saturated rings. The Morgan fingerprint density at radius 2 is 1.64 bits per heavy atom. The Hall–Kier alpha value is -1.02. The third kappa shape index (κ3) is 3.04. The van der Waals surface area contributed by atoms with Gasteiger partial charge in [-0.25, -0.2) is 0 Å². The molecular formula is C12H20N2. The first-order valence-corrected chi connectivity index (χ1v) is 5.05. The van der Waals surface area contributed by atoms with Gasteiger partial charge >= 0.3 is 0 Å². The van der Waals surface area contributed by atoms with Crippen LogP contribution in [0, 0.1) is 0 Å². The van der Waals surface area contributed by atoms with Crippen LogP contribution in [0.5, 0.6) is 0 Å². The van der Waals surface area contributed by atoms with Gasteiger partial charge in [-0.05, 0) is 45.4 Å². The number of hydrogen-bond acceptors (Lipinski definition) is 2. The van der Waals surface area contributed by atoms with Crippen LogP contribution in [0.2, 0.25) is 0 Å². The molecule has 0 radical (unpaired) electrons. The van der Waals surface area contributed by atoms with Crippen LogP contribution < -0.4 is 11.1 Å². The van der Waals surface area contributed by atoms with E-state index in [1.54, 1.807) is 0 Å². The highest BCUT2D eigenvalue weighted by Crippen LogP contribution is 2.19. The molecule has 0 aromatic heterocycles. The summed E-state index contributed by atoms with van der Waals surface area (Å²) in [7, 11) is 0. The van der Waals surface area contributed by atoms with Crippen LogP contribution in [0.25, 0.3) is 0 Å². The minimum Gasteiger partial charge on any atom is -0.383 e. The number of hydrogen-bond donors (Lipinski definition) is 2. The van der Waals surface area contributed by atoms with Gasteiger partial charge in [0.05, 0.1) is 0 Å². The fourth-order valence-electron chi connectivity index (χ4n) is 1.33. The number of benzene rings is 1. The number of anilines is 1. The minimum absolute atomic E-state index is 0.254. The zero-order chi connectivity index (χ0) is 10.8. The molecule has 0 saturated heterocycles. The molecule has 0 atom stereocenters. The van der Waals surface area contributed by atoms with E-state index in [-0.39, 0.29) is 5.54 Å². The van der Waals surface area contributed by atoms with Gasteiger partial charge in [0.2, 0.25) is 0 Å². The van der Waals surface area contributed by atoms with Crippen LogP contribution in [-0.2, 0) is 5.54 Å². The predicted molar refractivity (Wildman–Crippen MR) is 62.4 cm³/mol. The third-order valence-electron chi connectivity index (χ3n) is 2.08. The maximum Gasteiger partial charge on any atom is 0.0352 e. The summed E-state index contributed by atoms with van der Waals surface area (Å²) in [5.74, 6) is 0. The molecule has 1 aromatic carbocycles. The molecule has 2 nitrogen and oxygen atoms in total. The molecule has 3 N–H and O–H groups in total. The summed E-state index contributed by atoms with van der Waals surface area (Å²) in [6, 6.07) is 8.76. The molecular weight excluding hydrogens is 172 g/mol. The number of rotatable bonds is 3. The smallest absolute Gasteiger partial charge is 0.0352 e. The zero-order valence-electron chi connectivity index (χ0n) is 9.46. The van der Waals surface area contributed by atoms with Gasteiger partial charge in [0, 0.05) is 17.3 Å². The van der Waals surface area contributed by atoms with Crippen molar-refractivity contribution in [2.75, 3.05) is 5.32 Å². The van der Waals surface area contributed by atoms with Crippen LogP contribution in [0.4, 0.5) is 5.69 Å². The van der Waals surface area contributed by atoms with E-state index in [0.29, 0.717) is 6.04 Å². The summed E-state index contributed by atoms with van der Waals surface area (Å²) < 4.78 is 0. The monoisotopic (exact) mass is 192 g/mol. The Morgan fingerprint density at radius 1 is 1.14 bits per heavy atom. The van der Waals surface area contributed by atoms with Crippen molar-refractivity contribution in [2.24, 2.45) is 5.73 Å². The van der Waals surface area contributed by atoms with E-state index in [9.17, 15) is 0 Å². The molecule has 0 heterocycles. The largest absolute Gasteiger partial charge is 0.383 e. The molecule has 0 bridgehead atoms. The standard InChI is InChI=1S/C12H20N2/c1-9(2)14-11-7-5-10(6-8-11)12(3,4)13/h5-9,14H,13H2,1-4H3. The van der Waals surface area contributed by atoms with E-state index < -0.39 is 0 Å². The highest BCUT2D eigenvalue weighted by molar-refractivity contribution is 5.46. The normalized spacial score (nSPS) is 11.9. The molecule has 1 rings (SSSR count). The number of nitrogens with two attached hydrogens (primary N) is 1. The van der Waals surface area contributed by atoms with Gasteiger partial charge < -0.3 is 11.1 Å². The van der Waals surface area contributed by atoms with E-state index in [1.807, 2.05) is 13.8 Å². The molecule has 2 heteroatoms. The minimum atomic E-state index is -0.254. The lowest BCUT2D eigenvalue weighted by atomic mass is 9.95. The first-order valence-electron chi connectivity index (χ1n) is 5.05. The van der Waals surface area contributed by atoms with Crippen molar-refractivity contribution in [2.45, 2.75) is 39.3 Å². The lowest BCUT2D eigenvalue weighted by Crippen LogP contribution is -2.28. The van der Waals surface area contributed by atoms with Gasteiger partial charge in [0.25, 0.3) is 0 Å². The van der Waals surface area contributed by atoms with E-state index >= 15 is 0 Å². The van der Waals surface area contributed by atoms with Crippen molar-refractivity contribution in [3.8, 4) is 0 Å². The van der Waals surface area contributed by atoms with Crippen LogP contribution in [0.15, 0.2) is 24.3 Å². The summed E-state index contributed by atoms with van der Waals surface area (Å²) in [4.78, 5) is 0. The molecule has 0 aliphatic heterocycles. The fraction of sp³-hybridized carbons (Fsp3) is 0.500. The molecule has 0 aliphatic rings. The maximum atomic E-state index is 5.99. The molecule has 78 valence electrons. The summed E-state index contributed by atoms with van der Waals surface area (Å²) in [5.41, 5.74) is 8.04. The summed E-state index contributed by atoms with van der Waals surface area (Å²) >= 11 is 0. The predicted octanol–water partition coefficient (Wildman–Crippen LogP) is 2.70. The second-order valence-electron chi connectivity index (χ2n) is 4.60. The second kappa shape index (κ2) is 4.01. The van der Waals surface area contributed by atoms with Gasteiger partial charge in [0.1, 0.15) is 0 Å². The molecule has 14 heavy (non-hydrogen) atoms. The van der Waals surface area contributed by atoms with E-state index in [2.05, 4.69) is 43.4 Å². The zero-order valence-corrected chi connectivity index (χ0v) is 9.46. The fourth-order valence-corrected chi connectivity index (χ4v) is 1.33. The molecule has 0 saturated carbocycles. The highest BCUT2D eigenvalue weighted by atomic mass is 14.9. The lowest BCUT2D eigenvalue weighted by molar-refractivity contribution is 0.554. The van der Waals surface area contributed by atoms with Crippen LogP contribution in [0.3, 0.4) is 0 Å². The average Bonchev–Trinajstić information content (AvgIpc) is 2.02. The Balaban J connectivity index is 2.79. The van der Waals surface area contributed by atoms with Crippen molar-refractivity contribution >= 4 is 5.69 Å². The average molecular weight is 192 g/mol. The van der Waals surface area contributed by atoms with Crippen LogP contribution >= 0.6 is 0 Å². The summed E-state index contributed by atoms with van der Waals surface area (Å²) in [5, 5.41) is 3.34. The van der Waals surface area contributed by atoms with E-state index in [1.165, 1.54) is 0 Å². The number of nitrogens with one attached hydrogen (secondary N) is 1. The van der Waals surface area contributed by atoms with Gasteiger partial charge in [-0.2, -0.15) is 0 Å². The van der Waals surface area contributed by atoms with Crippen molar-refractivity contribution in [3.63, 3.8) is 0 Å². The SMILES string of the molecule is CC(C)Nc1ccc(C(C)(C)N)cc1. The molecule has 0 unspecified atom stereocenters. The maximum absolute atomic E-state index is 5.99. The molecule has 1 aromatic rings. The van der Waals surface area contributed by atoms with Crippen LogP contribution in [-0.4, -0.2) is 6.04 Å². The first-order chi connectivity index (χ1) is 6.39. The van der Waals surface area contributed by atoms with Crippen molar-refractivity contribution in [1.82, 2.24) is 0 Å². The third-order valence-corrected chi connectivity index (χ3v) is 2.08. The van der Waals surface area contributed by atoms with Gasteiger partial charge in [-0.1, -0.05) is 12.1 Å². The van der Waals surface area contributed by atoms with Gasteiger partial charge in [-0.15, -0.1) is 0 Å².